The van der Waals surface area contributed by atoms with Gasteiger partial charge in [-0.15, -0.1) is 0 Å². The molecular formula is C32H39NO5S. The van der Waals surface area contributed by atoms with E-state index < -0.39 is 10.1 Å². The van der Waals surface area contributed by atoms with Crippen LogP contribution in [0, 0.1) is 5.92 Å². The van der Waals surface area contributed by atoms with Crippen molar-refractivity contribution in [2.24, 2.45) is 5.92 Å². The van der Waals surface area contributed by atoms with Crippen molar-refractivity contribution >= 4 is 10.1 Å². The maximum absolute atomic E-state index is 13.1. The van der Waals surface area contributed by atoms with Gasteiger partial charge in [0.2, 0.25) is 0 Å². The van der Waals surface area contributed by atoms with Gasteiger partial charge in [0.15, 0.2) is 11.5 Å². The van der Waals surface area contributed by atoms with Crippen molar-refractivity contribution in [1.82, 2.24) is 4.90 Å². The van der Waals surface area contributed by atoms with E-state index >= 15 is 0 Å². The molecule has 2 aliphatic rings. The molecule has 3 aromatic rings. The molecule has 3 aromatic carbocycles. The number of benzene rings is 3. The summed E-state index contributed by atoms with van der Waals surface area (Å²) in [5.74, 6) is 2.41. The average molecular weight is 550 g/mol. The van der Waals surface area contributed by atoms with Crippen molar-refractivity contribution in [2.45, 2.75) is 69.9 Å². The zero-order valence-corrected chi connectivity index (χ0v) is 24.0. The lowest BCUT2D eigenvalue weighted by atomic mass is 9.83. The molecule has 208 valence electrons. The number of hydrogen-bond donors (Lipinski definition) is 0. The predicted molar refractivity (Wildman–Crippen MR) is 153 cm³/mol. The monoisotopic (exact) mass is 549 g/mol. The molecule has 7 heteroatoms. The van der Waals surface area contributed by atoms with Crippen LogP contribution in [0.4, 0.5) is 0 Å². The van der Waals surface area contributed by atoms with E-state index in [0.29, 0.717) is 18.0 Å². The molecule has 39 heavy (non-hydrogen) atoms. The maximum Gasteiger partial charge on any atom is 0.339 e. The van der Waals surface area contributed by atoms with Crippen LogP contribution in [0.3, 0.4) is 0 Å². The van der Waals surface area contributed by atoms with Crippen molar-refractivity contribution in [1.29, 1.82) is 0 Å². The number of rotatable bonds is 11. The van der Waals surface area contributed by atoms with E-state index in [0.717, 1.165) is 55.2 Å². The molecular weight excluding hydrogens is 510 g/mol. The lowest BCUT2D eigenvalue weighted by Gasteiger charge is -2.42. The van der Waals surface area contributed by atoms with Crippen molar-refractivity contribution in [2.75, 3.05) is 20.3 Å². The highest BCUT2D eigenvalue weighted by Gasteiger charge is 2.35. The second-order valence-electron chi connectivity index (χ2n) is 10.6. The highest BCUT2D eigenvalue weighted by molar-refractivity contribution is 7.87. The quantitative estimate of drug-likeness (QED) is 0.248. The molecule has 5 rings (SSSR count). The van der Waals surface area contributed by atoms with Gasteiger partial charge in [0.25, 0.3) is 0 Å². The first-order chi connectivity index (χ1) is 18.9. The van der Waals surface area contributed by atoms with Crippen LogP contribution in [0.1, 0.15) is 67.8 Å². The zero-order valence-electron chi connectivity index (χ0n) is 23.2. The molecule has 0 N–H and O–H groups in total. The Morgan fingerprint density at radius 1 is 1.00 bits per heavy atom. The third-order valence-corrected chi connectivity index (χ3v) is 9.43. The second kappa shape index (κ2) is 12.0. The first-order valence-electron chi connectivity index (χ1n) is 14.1. The Morgan fingerprint density at radius 2 is 1.82 bits per heavy atom. The van der Waals surface area contributed by atoms with Crippen molar-refractivity contribution in [3.8, 4) is 17.2 Å². The van der Waals surface area contributed by atoms with Gasteiger partial charge in [-0.1, -0.05) is 63.4 Å². The fourth-order valence-corrected chi connectivity index (χ4v) is 6.97. The predicted octanol–water partition coefficient (Wildman–Crippen LogP) is 6.71. The largest absolute Gasteiger partial charge is 0.494 e. The molecule has 0 saturated heterocycles. The number of hydrogen-bond acceptors (Lipinski definition) is 6. The Balaban J connectivity index is 1.36. The summed E-state index contributed by atoms with van der Waals surface area (Å²) < 4.78 is 43.7. The molecule has 0 bridgehead atoms. The molecule has 0 aliphatic carbocycles. The minimum atomic E-state index is -3.99. The fourth-order valence-electron chi connectivity index (χ4n) is 5.98. The van der Waals surface area contributed by atoms with E-state index in [1.165, 1.54) is 30.4 Å². The summed E-state index contributed by atoms with van der Waals surface area (Å²) in [5, 5.41) is 0. The highest BCUT2D eigenvalue weighted by Crippen LogP contribution is 2.45. The summed E-state index contributed by atoms with van der Waals surface area (Å²) >= 11 is 0. The molecule has 0 radical (unpaired) electrons. The van der Waals surface area contributed by atoms with Crippen LogP contribution in [0.5, 0.6) is 17.2 Å². The van der Waals surface area contributed by atoms with E-state index in [1.54, 1.807) is 37.4 Å². The van der Waals surface area contributed by atoms with Crippen LogP contribution in [0.15, 0.2) is 65.6 Å². The smallest absolute Gasteiger partial charge is 0.339 e. The first kappa shape index (κ1) is 27.5. The van der Waals surface area contributed by atoms with Gasteiger partial charge in [0.1, 0.15) is 10.6 Å². The molecule has 2 atom stereocenters. The Morgan fingerprint density at radius 3 is 2.56 bits per heavy atom. The summed E-state index contributed by atoms with van der Waals surface area (Å²) in [7, 11) is -2.45. The summed E-state index contributed by atoms with van der Waals surface area (Å²) in [5.41, 5.74) is 4.64. The van der Waals surface area contributed by atoms with E-state index in [-0.39, 0.29) is 10.9 Å². The zero-order chi connectivity index (χ0) is 27.4. The molecule has 6 nitrogen and oxygen atoms in total. The minimum Gasteiger partial charge on any atom is -0.494 e. The van der Waals surface area contributed by atoms with Gasteiger partial charge in [-0.2, -0.15) is 8.42 Å². The third kappa shape index (κ3) is 5.94. The summed E-state index contributed by atoms with van der Waals surface area (Å²) in [6.45, 7) is 6.76. The number of fused-ring (bicyclic) bond motifs is 4. The molecule has 2 unspecified atom stereocenters. The average Bonchev–Trinajstić information content (AvgIpc) is 2.96. The van der Waals surface area contributed by atoms with E-state index in [9.17, 15) is 8.42 Å². The van der Waals surface area contributed by atoms with Crippen LogP contribution in [0.25, 0.3) is 0 Å². The normalized spacial score (nSPS) is 17.5. The van der Waals surface area contributed by atoms with E-state index in [2.05, 4.69) is 36.9 Å². The van der Waals surface area contributed by atoms with Gasteiger partial charge in [-0.25, -0.2) is 0 Å². The lowest BCUT2D eigenvalue weighted by Crippen LogP contribution is -2.39. The Labute approximate surface area is 233 Å². The molecule has 0 spiro atoms. The third-order valence-electron chi connectivity index (χ3n) is 8.19. The van der Waals surface area contributed by atoms with Gasteiger partial charge >= 0.3 is 10.1 Å². The van der Waals surface area contributed by atoms with Crippen LogP contribution < -0.4 is 13.7 Å². The van der Waals surface area contributed by atoms with Crippen LogP contribution in [0.2, 0.25) is 0 Å². The number of ether oxygens (including phenoxy) is 2. The SMILES string of the molecule is CCCC(CC)CCOc1ccc2c(c1)CCN1Cc3c(ccc(OC)c3OS(=O)(=O)c3ccccc3)CC21. The van der Waals surface area contributed by atoms with Crippen molar-refractivity contribution < 1.29 is 22.1 Å². The fraction of sp³-hybridized carbons (Fsp3) is 0.438. The van der Waals surface area contributed by atoms with E-state index in [1.807, 2.05) is 12.1 Å². The second-order valence-corrected chi connectivity index (χ2v) is 12.1. The highest BCUT2D eigenvalue weighted by atomic mass is 32.2. The Kier molecular flexibility index (Phi) is 8.48. The first-order valence-corrected chi connectivity index (χ1v) is 15.5. The maximum atomic E-state index is 13.1. The molecule has 0 amide bonds. The summed E-state index contributed by atoms with van der Waals surface area (Å²) in [6, 6.07) is 18.9. The molecule has 2 aliphatic heterocycles. The van der Waals surface area contributed by atoms with Crippen LogP contribution in [-0.2, 0) is 29.5 Å². The Bertz CT molecular complexity index is 1390. The standard InChI is InChI=1S/C32H39NO5S/c1-4-9-23(5-2)17-19-37-26-13-14-28-25(20-26)16-18-33-22-29-24(21-30(28)33)12-15-31(36-3)32(29)38-39(34,35)27-10-7-6-8-11-27/h6-8,10-15,20,23,30H,4-5,9,16-19,21-22H2,1-3H3. The minimum absolute atomic E-state index is 0.124. The van der Waals surface area contributed by atoms with Gasteiger partial charge < -0.3 is 13.7 Å². The molecule has 0 aromatic heterocycles. The number of methoxy groups -OCH3 is 1. The van der Waals surface area contributed by atoms with Crippen LogP contribution in [-0.4, -0.2) is 33.6 Å². The van der Waals surface area contributed by atoms with Crippen LogP contribution >= 0.6 is 0 Å². The van der Waals surface area contributed by atoms with Gasteiger partial charge in [0, 0.05) is 24.7 Å². The molecule has 2 heterocycles. The van der Waals surface area contributed by atoms with Crippen molar-refractivity contribution in [3.63, 3.8) is 0 Å². The van der Waals surface area contributed by atoms with Gasteiger partial charge in [0.05, 0.1) is 13.7 Å². The number of nitrogens with zero attached hydrogens (tertiary/aromatic N) is 1. The summed E-state index contributed by atoms with van der Waals surface area (Å²) in [6.07, 6.45) is 6.50. The lowest BCUT2D eigenvalue weighted by molar-refractivity contribution is 0.159. The van der Waals surface area contributed by atoms with Crippen molar-refractivity contribution in [3.05, 3.63) is 82.9 Å². The van der Waals surface area contributed by atoms with E-state index in [4.69, 9.17) is 13.7 Å². The molecule has 0 saturated carbocycles. The molecule has 0 fully saturated rings. The topological polar surface area (TPSA) is 65.1 Å². The summed E-state index contributed by atoms with van der Waals surface area (Å²) in [4.78, 5) is 2.54. The van der Waals surface area contributed by atoms with Gasteiger partial charge in [-0.3, -0.25) is 4.90 Å². The van der Waals surface area contributed by atoms with Gasteiger partial charge in [-0.05, 0) is 72.2 Å². The Hall–Kier alpha value is -3.03.